The second-order valence-electron chi connectivity index (χ2n) is 5.72. The molecule has 1 aliphatic rings. The highest BCUT2D eigenvalue weighted by Gasteiger charge is 2.23. The van der Waals surface area contributed by atoms with Crippen molar-refractivity contribution in [3.8, 4) is 0 Å². The van der Waals surface area contributed by atoms with E-state index in [0.29, 0.717) is 22.1 Å². The normalized spacial score (nSPS) is 17.8. The molecule has 1 aromatic carbocycles. The number of hydrogen-bond donors (Lipinski definition) is 1. The Balaban J connectivity index is 1.78. The molecule has 0 amide bonds. The molecule has 1 aliphatic heterocycles. The molecule has 0 bridgehead atoms. The van der Waals surface area contributed by atoms with Gasteiger partial charge in [-0.3, -0.25) is 0 Å². The summed E-state index contributed by atoms with van der Waals surface area (Å²) in [7, 11) is 0. The maximum absolute atomic E-state index is 6.34. The Morgan fingerprint density at radius 1 is 1.19 bits per heavy atom. The van der Waals surface area contributed by atoms with Gasteiger partial charge in [0.25, 0.3) is 0 Å². The molecule has 0 radical (unpaired) electrons. The lowest BCUT2D eigenvalue weighted by atomic mass is 10.0. The van der Waals surface area contributed by atoms with Gasteiger partial charge in [-0.25, -0.2) is 0 Å². The monoisotopic (exact) mass is 344 g/mol. The van der Waals surface area contributed by atoms with E-state index in [4.69, 9.17) is 23.2 Å². The minimum atomic E-state index is 0.420. The van der Waals surface area contributed by atoms with Gasteiger partial charge < -0.3 is 10.2 Å². The van der Waals surface area contributed by atoms with Crippen molar-refractivity contribution in [3.63, 3.8) is 0 Å². The van der Waals surface area contributed by atoms with Crippen LogP contribution in [0.25, 0.3) is 11.0 Å². The van der Waals surface area contributed by atoms with Crippen molar-refractivity contribution in [1.29, 1.82) is 0 Å². The quantitative estimate of drug-likeness (QED) is 0.901. The lowest BCUT2D eigenvalue weighted by Crippen LogP contribution is -2.42. The van der Waals surface area contributed by atoms with E-state index in [1.54, 1.807) is 6.07 Å². The molecule has 0 unspecified atom stereocenters. The minimum Gasteiger partial charge on any atom is -0.379 e. The van der Waals surface area contributed by atoms with Crippen LogP contribution in [-0.2, 0) is 0 Å². The molecule has 0 spiro atoms. The molecule has 1 N–H and O–H groups in total. The Kier molecular flexibility index (Phi) is 4.54. The van der Waals surface area contributed by atoms with Gasteiger partial charge in [0.2, 0.25) is 0 Å². The summed E-state index contributed by atoms with van der Waals surface area (Å²) >= 11 is 13.7. The van der Waals surface area contributed by atoms with Crippen LogP contribution >= 0.6 is 34.9 Å². The molecule has 4 nitrogen and oxygen atoms in total. The van der Waals surface area contributed by atoms with E-state index in [-0.39, 0.29) is 0 Å². The van der Waals surface area contributed by atoms with Crippen molar-refractivity contribution in [2.45, 2.75) is 38.8 Å². The number of fused-ring (bicyclic) bond motifs is 1. The van der Waals surface area contributed by atoms with Crippen LogP contribution in [0.2, 0.25) is 10.0 Å². The number of nitrogens with one attached hydrogen (secondary N) is 1. The summed E-state index contributed by atoms with van der Waals surface area (Å²) in [4.78, 5) is 2.50. The number of likely N-dealkylation sites (tertiary alicyclic amines) is 1. The topological polar surface area (TPSA) is 41.0 Å². The molecule has 3 rings (SSSR count). The van der Waals surface area contributed by atoms with E-state index in [9.17, 15) is 0 Å². The summed E-state index contributed by atoms with van der Waals surface area (Å²) in [6.45, 7) is 6.71. The zero-order valence-electron chi connectivity index (χ0n) is 12.1. The number of hydrogen-bond acceptors (Lipinski definition) is 5. The fourth-order valence-corrected chi connectivity index (χ4v) is 3.94. The van der Waals surface area contributed by atoms with Crippen molar-refractivity contribution in [2.75, 3.05) is 18.4 Å². The largest absolute Gasteiger partial charge is 0.379 e. The Labute approximate surface area is 138 Å². The average molecular weight is 345 g/mol. The molecule has 0 atom stereocenters. The van der Waals surface area contributed by atoms with Crippen molar-refractivity contribution < 1.29 is 0 Å². The Morgan fingerprint density at radius 2 is 1.86 bits per heavy atom. The fraction of sp³-hybridized carbons (Fsp3) is 0.571. The molecule has 0 aliphatic carbocycles. The summed E-state index contributed by atoms with van der Waals surface area (Å²) in [5, 5.41) is 4.73. The molecular weight excluding hydrogens is 327 g/mol. The van der Waals surface area contributed by atoms with Gasteiger partial charge in [-0.05, 0) is 32.8 Å². The highest BCUT2D eigenvalue weighted by atomic mass is 35.5. The summed E-state index contributed by atoms with van der Waals surface area (Å²) in [6.07, 6.45) is 2.21. The van der Waals surface area contributed by atoms with Crippen molar-refractivity contribution in [2.24, 2.45) is 0 Å². The SMILES string of the molecule is CC(C)N1CCC(Nc2c(Cl)cc(Cl)c3nsnc23)CC1. The zero-order valence-corrected chi connectivity index (χ0v) is 14.4. The van der Waals surface area contributed by atoms with Crippen LogP contribution in [0.15, 0.2) is 6.07 Å². The predicted octanol–water partition coefficient (Wildman–Crippen LogP) is 4.28. The lowest BCUT2D eigenvalue weighted by molar-refractivity contribution is 0.177. The predicted molar refractivity (Wildman–Crippen MR) is 90.8 cm³/mol. The van der Waals surface area contributed by atoms with Crippen molar-refractivity contribution in [3.05, 3.63) is 16.1 Å². The van der Waals surface area contributed by atoms with Crippen LogP contribution in [0.1, 0.15) is 26.7 Å². The van der Waals surface area contributed by atoms with Crippen LogP contribution in [0.4, 0.5) is 5.69 Å². The highest BCUT2D eigenvalue weighted by molar-refractivity contribution is 7.00. The second-order valence-corrected chi connectivity index (χ2v) is 7.07. The molecule has 0 saturated carbocycles. The van der Waals surface area contributed by atoms with E-state index in [0.717, 1.165) is 54.4 Å². The molecule has 7 heteroatoms. The van der Waals surface area contributed by atoms with Crippen LogP contribution < -0.4 is 5.32 Å². The van der Waals surface area contributed by atoms with Crippen LogP contribution in [0.3, 0.4) is 0 Å². The van der Waals surface area contributed by atoms with Crippen molar-refractivity contribution in [1.82, 2.24) is 13.6 Å². The van der Waals surface area contributed by atoms with Gasteiger partial charge in [-0.1, -0.05) is 23.2 Å². The van der Waals surface area contributed by atoms with Gasteiger partial charge in [0.1, 0.15) is 11.0 Å². The molecule has 1 aromatic heterocycles. The van der Waals surface area contributed by atoms with Crippen LogP contribution in [0.5, 0.6) is 0 Å². The second kappa shape index (κ2) is 6.24. The number of benzene rings is 1. The molecule has 114 valence electrons. The van der Waals surface area contributed by atoms with Gasteiger partial charge in [-0.15, -0.1) is 0 Å². The van der Waals surface area contributed by atoms with Gasteiger partial charge >= 0.3 is 0 Å². The number of piperidine rings is 1. The Bertz CT molecular complexity index is 635. The number of aromatic nitrogens is 2. The molecule has 1 saturated heterocycles. The van der Waals surface area contributed by atoms with E-state index in [1.807, 2.05) is 0 Å². The molecule has 2 aromatic rings. The Hall–Kier alpha value is -0.620. The summed E-state index contributed by atoms with van der Waals surface area (Å²) in [5.41, 5.74) is 2.38. The van der Waals surface area contributed by atoms with Gasteiger partial charge in [-0.2, -0.15) is 8.75 Å². The molecule has 21 heavy (non-hydrogen) atoms. The maximum Gasteiger partial charge on any atom is 0.130 e. The average Bonchev–Trinajstić information content (AvgIpc) is 2.93. The Morgan fingerprint density at radius 3 is 2.52 bits per heavy atom. The first-order chi connectivity index (χ1) is 10.1. The zero-order chi connectivity index (χ0) is 15.0. The van der Waals surface area contributed by atoms with Crippen molar-refractivity contribution >= 4 is 51.7 Å². The summed E-state index contributed by atoms with van der Waals surface area (Å²) < 4.78 is 8.58. The molecular formula is C14H18Cl2N4S. The number of halogens is 2. The molecule has 1 fully saturated rings. The van der Waals surface area contributed by atoms with Gasteiger partial charge in [0, 0.05) is 25.2 Å². The minimum absolute atomic E-state index is 0.420. The standard InChI is InChI=1S/C14H18Cl2N4S/c1-8(2)20-5-3-9(4-6-20)17-12-10(15)7-11(16)13-14(12)19-21-18-13/h7-9,17H,3-6H2,1-2H3. The van der Waals surface area contributed by atoms with Crippen LogP contribution in [0, 0.1) is 0 Å². The third-order valence-corrected chi connectivity index (χ3v) is 5.17. The van der Waals surface area contributed by atoms with E-state index < -0.39 is 0 Å². The first-order valence-corrected chi connectivity index (χ1v) is 8.65. The first-order valence-electron chi connectivity index (χ1n) is 7.17. The maximum atomic E-state index is 6.34. The number of anilines is 1. The van der Waals surface area contributed by atoms with Gasteiger partial charge in [0.05, 0.1) is 27.5 Å². The van der Waals surface area contributed by atoms with E-state index >= 15 is 0 Å². The number of nitrogens with zero attached hydrogens (tertiary/aromatic N) is 3. The van der Waals surface area contributed by atoms with E-state index in [2.05, 4.69) is 32.8 Å². The first kappa shape index (κ1) is 15.3. The highest BCUT2D eigenvalue weighted by Crippen LogP contribution is 2.36. The smallest absolute Gasteiger partial charge is 0.130 e. The molecule has 2 heterocycles. The summed E-state index contributed by atoms with van der Waals surface area (Å²) in [5.74, 6) is 0. The third kappa shape index (κ3) is 3.11. The lowest BCUT2D eigenvalue weighted by Gasteiger charge is -2.35. The number of rotatable bonds is 3. The van der Waals surface area contributed by atoms with Gasteiger partial charge in [0.15, 0.2) is 0 Å². The van der Waals surface area contributed by atoms with E-state index in [1.165, 1.54) is 0 Å². The van der Waals surface area contributed by atoms with Crippen LogP contribution in [-0.4, -0.2) is 38.8 Å². The fourth-order valence-electron chi connectivity index (χ4n) is 2.78. The summed E-state index contributed by atoms with van der Waals surface area (Å²) in [6, 6.07) is 2.78. The third-order valence-electron chi connectivity index (χ3n) is 4.05.